The molecule has 0 atom stereocenters. The Kier molecular flexibility index (Phi) is 4.50. The Morgan fingerprint density at radius 3 is 2.33 bits per heavy atom. The van der Waals surface area contributed by atoms with Crippen molar-refractivity contribution in [3.63, 3.8) is 0 Å². The topological polar surface area (TPSA) is 54.4 Å². The van der Waals surface area contributed by atoms with Crippen LogP contribution >= 0.6 is 15.9 Å². The lowest BCUT2D eigenvalue weighted by Gasteiger charge is -2.12. The van der Waals surface area contributed by atoms with Crippen LogP contribution in [0.5, 0.6) is 0 Å². The van der Waals surface area contributed by atoms with E-state index < -0.39 is 41.9 Å². The summed E-state index contributed by atoms with van der Waals surface area (Å²) in [5.41, 5.74) is -1.57. The van der Waals surface area contributed by atoms with E-state index in [9.17, 15) is 22.8 Å². The highest BCUT2D eigenvalue weighted by Crippen LogP contribution is 2.34. The molecule has 18 heavy (non-hydrogen) atoms. The summed E-state index contributed by atoms with van der Waals surface area (Å²) in [6.45, 7) is 0. The van der Waals surface area contributed by atoms with Gasteiger partial charge >= 0.3 is 12.1 Å². The molecule has 0 unspecified atom stereocenters. The van der Waals surface area contributed by atoms with Gasteiger partial charge in [-0.2, -0.15) is 13.2 Å². The van der Waals surface area contributed by atoms with E-state index in [4.69, 9.17) is 5.11 Å². The zero-order valence-electron chi connectivity index (χ0n) is 8.92. The Balaban J connectivity index is 3.08. The van der Waals surface area contributed by atoms with Gasteiger partial charge in [0.1, 0.15) is 0 Å². The van der Waals surface area contributed by atoms with Crippen molar-refractivity contribution in [2.75, 3.05) is 0 Å². The lowest BCUT2D eigenvalue weighted by Crippen LogP contribution is -2.14. The van der Waals surface area contributed by atoms with Crippen molar-refractivity contribution in [2.45, 2.75) is 19.0 Å². The number of alkyl halides is 3. The summed E-state index contributed by atoms with van der Waals surface area (Å²) >= 11 is 2.89. The molecule has 1 N–H and O–H groups in total. The third-order valence-electron chi connectivity index (χ3n) is 2.15. The number of carboxylic acid groups (broad SMARTS) is 1. The van der Waals surface area contributed by atoms with Gasteiger partial charge in [0, 0.05) is 16.5 Å². The van der Waals surface area contributed by atoms with E-state index in [0.29, 0.717) is 0 Å². The van der Waals surface area contributed by atoms with Gasteiger partial charge in [-0.3, -0.25) is 9.59 Å². The fourth-order valence-electron chi connectivity index (χ4n) is 1.35. The standard InChI is InChI=1S/C11H8BrF3O3/c12-6-1-2-7(8(5-6)11(13,14)15)9(16)3-4-10(17)18/h1-2,5H,3-4H2,(H,17,18). The molecule has 0 aliphatic carbocycles. The predicted molar refractivity (Wildman–Crippen MR) is 60.3 cm³/mol. The molecule has 0 aromatic heterocycles. The second-order valence-electron chi connectivity index (χ2n) is 3.50. The molecule has 0 saturated carbocycles. The largest absolute Gasteiger partial charge is 0.481 e. The van der Waals surface area contributed by atoms with Crippen molar-refractivity contribution in [1.82, 2.24) is 0 Å². The van der Waals surface area contributed by atoms with Crippen molar-refractivity contribution >= 4 is 27.7 Å². The van der Waals surface area contributed by atoms with Crippen LogP contribution in [-0.4, -0.2) is 16.9 Å². The molecular formula is C11H8BrF3O3. The summed E-state index contributed by atoms with van der Waals surface area (Å²) in [7, 11) is 0. The molecule has 1 aromatic rings. The van der Waals surface area contributed by atoms with Crippen molar-refractivity contribution in [1.29, 1.82) is 0 Å². The SMILES string of the molecule is O=C(O)CCC(=O)c1ccc(Br)cc1C(F)(F)F. The van der Waals surface area contributed by atoms with Gasteiger partial charge in [0.05, 0.1) is 12.0 Å². The van der Waals surface area contributed by atoms with E-state index >= 15 is 0 Å². The summed E-state index contributed by atoms with van der Waals surface area (Å²) in [5, 5.41) is 8.40. The molecule has 0 heterocycles. The fraction of sp³-hybridized carbons (Fsp3) is 0.273. The molecule has 0 fully saturated rings. The first-order valence-electron chi connectivity index (χ1n) is 4.83. The highest BCUT2D eigenvalue weighted by atomic mass is 79.9. The Labute approximate surface area is 109 Å². The van der Waals surface area contributed by atoms with Crippen LogP contribution in [0.4, 0.5) is 13.2 Å². The molecule has 0 bridgehead atoms. The molecule has 3 nitrogen and oxygen atoms in total. The number of hydrogen-bond acceptors (Lipinski definition) is 2. The maximum absolute atomic E-state index is 12.7. The van der Waals surface area contributed by atoms with Crippen LogP contribution in [0, 0.1) is 0 Å². The van der Waals surface area contributed by atoms with Crippen LogP contribution in [0.25, 0.3) is 0 Å². The summed E-state index contributed by atoms with van der Waals surface area (Å²) in [4.78, 5) is 21.8. The Bertz CT molecular complexity index is 483. The van der Waals surface area contributed by atoms with Crippen LogP contribution < -0.4 is 0 Å². The van der Waals surface area contributed by atoms with Gasteiger partial charge in [-0.25, -0.2) is 0 Å². The maximum atomic E-state index is 12.7. The number of rotatable bonds is 4. The number of carbonyl (C=O) groups is 2. The highest BCUT2D eigenvalue weighted by Gasteiger charge is 2.35. The van der Waals surface area contributed by atoms with Crippen molar-refractivity contribution in [3.05, 3.63) is 33.8 Å². The first kappa shape index (κ1) is 14.7. The smallest absolute Gasteiger partial charge is 0.417 e. The number of Topliss-reactive ketones (excluding diaryl/α,β-unsaturated/α-hetero) is 1. The Hall–Kier alpha value is -1.37. The Morgan fingerprint density at radius 2 is 1.83 bits per heavy atom. The van der Waals surface area contributed by atoms with Gasteiger partial charge in [-0.05, 0) is 18.2 Å². The molecule has 0 amide bonds. The van der Waals surface area contributed by atoms with Crippen molar-refractivity contribution < 1.29 is 27.9 Å². The van der Waals surface area contributed by atoms with Crippen molar-refractivity contribution in [2.24, 2.45) is 0 Å². The minimum atomic E-state index is -4.65. The second-order valence-corrected chi connectivity index (χ2v) is 4.42. The van der Waals surface area contributed by atoms with Crippen LogP contribution in [0.1, 0.15) is 28.8 Å². The minimum absolute atomic E-state index is 0.199. The van der Waals surface area contributed by atoms with Crippen LogP contribution in [0.15, 0.2) is 22.7 Å². The Morgan fingerprint density at radius 1 is 1.22 bits per heavy atom. The van der Waals surface area contributed by atoms with Gasteiger partial charge in [0.25, 0.3) is 0 Å². The van der Waals surface area contributed by atoms with Gasteiger partial charge in [0.2, 0.25) is 0 Å². The summed E-state index contributed by atoms with van der Waals surface area (Å²) in [5.74, 6) is -2.06. The third kappa shape index (κ3) is 3.83. The number of halogens is 4. The number of hydrogen-bond donors (Lipinski definition) is 1. The lowest BCUT2D eigenvalue weighted by molar-refractivity contribution is -0.138. The molecule has 0 aliphatic heterocycles. The maximum Gasteiger partial charge on any atom is 0.417 e. The normalized spacial score (nSPS) is 11.3. The molecule has 7 heteroatoms. The number of benzene rings is 1. The van der Waals surface area contributed by atoms with E-state index in [1.165, 1.54) is 6.07 Å². The zero-order chi connectivity index (χ0) is 13.9. The molecule has 1 aromatic carbocycles. The number of carboxylic acids is 1. The molecule has 0 aliphatic rings. The van der Waals surface area contributed by atoms with E-state index in [-0.39, 0.29) is 4.47 Å². The minimum Gasteiger partial charge on any atom is -0.481 e. The summed E-state index contributed by atoms with van der Waals surface area (Å²) < 4.78 is 38.3. The molecule has 1 rings (SSSR count). The molecular weight excluding hydrogens is 317 g/mol. The van der Waals surface area contributed by atoms with Gasteiger partial charge in [-0.15, -0.1) is 0 Å². The van der Waals surface area contributed by atoms with E-state index in [1.54, 1.807) is 0 Å². The van der Waals surface area contributed by atoms with Crippen LogP contribution in [0.2, 0.25) is 0 Å². The molecule has 98 valence electrons. The fourth-order valence-corrected chi connectivity index (χ4v) is 1.71. The average Bonchev–Trinajstić information content (AvgIpc) is 2.24. The monoisotopic (exact) mass is 324 g/mol. The number of carbonyl (C=O) groups excluding carboxylic acids is 1. The molecule has 0 spiro atoms. The van der Waals surface area contributed by atoms with E-state index in [0.717, 1.165) is 12.1 Å². The molecule has 0 saturated heterocycles. The highest BCUT2D eigenvalue weighted by molar-refractivity contribution is 9.10. The summed E-state index contributed by atoms with van der Waals surface area (Å²) in [6, 6.07) is 3.15. The zero-order valence-corrected chi connectivity index (χ0v) is 10.5. The van der Waals surface area contributed by atoms with Gasteiger partial charge in [0.15, 0.2) is 5.78 Å². The predicted octanol–water partition coefficient (Wildman–Crippen LogP) is 3.52. The van der Waals surface area contributed by atoms with Gasteiger partial charge in [-0.1, -0.05) is 15.9 Å². The van der Waals surface area contributed by atoms with Gasteiger partial charge < -0.3 is 5.11 Å². The summed E-state index contributed by atoms with van der Waals surface area (Å²) in [6.07, 6.45) is -5.61. The third-order valence-corrected chi connectivity index (χ3v) is 2.65. The average molecular weight is 325 g/mol. The first-order chi connectivity index (χ1) is 8.21. The quantitative estimate of drug-likeness (QED) is 0.862. The second kappa shape index (κ2) is 5.51. The number of aliphatic carboxylic acids is 1. The van der Waals surface area contributed by atoms with Crippen LogP contribution in [0.3, 0.4) is 0 Å². The van der Waals surface area contributed by atoms with Crippen molar-refractivity contribution in [3.8, 4) is 0 Å². The first-order valence-corrected chi connectivity index (χ1v) is 5.63. The van der Waals surface area contributed by atoms with Crippen LogP contribution in [-0.2, 0) is 11.0 Å². The number of ketones is 1. The van der Waals surface area contributed by atoms with E-state index in [1.807, 2.05) is 0 Å². The lowest BCUT2D eigenvalue weighted by atomic mass is 10.0. The van der Waals surface area contributed by atoms with E-state index in [2.05, 4.69) is 15.9 Å². The molecule has 0 radical (unpaired) electrons.